The van der Waals surface area contributed by atoms with Gasteiger partial charge in [0.15, 0.2) is 17.2 Å². The summed E-state index contributed by atoms with van der Waals surface area (Å²) in [5.74, 6) is -10.4. The van der Waals surface area contributed by atoms with Crippen molar-refractivity contribution in [3.8, 4) is 0 Å². The molecule has 1 rings (SSSR count). The first-order chi connectivity index (χ1) is 7.62. The molecule has 2 N–H and O–H groups in total. The zero-order valence-corrected chi connectivity index (χ0v) is 8.55. The van der Waals surface area contributed by atoms with E-state index in [2.05, 4.69) is 0 Å². The predicted molar refractivity (Wildman–Crippen MR) is 48.5 cm³/mol. The van der Waals surface area contributed by atoms with E-state index in [-0.39, 0.29) is 0 Å². The molecule has 1 unspecified atom stereocenters. The molecule has 94 valence electrons. The number of halogens is 4. The van der Waals surface area contributed by atoms with Crippen molar-refractivity contribution in [2.75, 3.05) is 0 Å². The van der Waals surface area contributed by atoms with E-state index in [4.69, 9.17) is 5.11 Å². The van der Waals surface area contributed by atoms with Gasteiger partial charge in [0.2, 0.25) is 0 Å². The van der Waals surface area contributed by atoms with Gasteiger partial charge in [0.05, 0.1) is 0 Å². The highest BCUT2D eigenvalue weighted by Gasteiger charge is 2.58. The number of carbonyl (C=O) groups is 1. The molecule has 1 aromatic rings. The van der Waals surface area contributed by atoms with Gasteiger partial charge in [0, 0.05) is 5.56 Å². The van der Waals surface area contributed by atoms with E-state index in [0.29, 0.717) is 19.1 Å². The van der Waals surface area contributed by atoms with Crippen LogP contribution in [0.4, 0.5) is 17.6 Å². The number of carboxylic acid groups (broad SMARTS) is 1. The Morgan fingerprint density at radius 1 is 1.29 bits per heavy atom. The number of alkyl halides is 2. The number of rotatable bonds is 3. The van der Waals surface area contributed by atoms with Gasteiger partial charge in [0.25, 0.3) is 0 Å². The van der Waals surface area contributed by atoms with Crippen LogP contribution in [0, 0.1) is 11.6 Å². The lowest BCUT2D eigenvalue weighted by molar-refractivity contribution is -0.208. The maximum Gasteiger partial charge on any atom is 0.378 e. The average Bonchev–Trinajstić information content (AvgIpc) is 2.21. The van der Waals surface area contributed by atoms with Crippen LogP contribution in [0.25, 0.3) is 0 Å². The van der Waals surface area contributed by atoms with Crippen molar-refractivity contribution >= 4 is 5.97 Å². The molecule has 7 heteroatoms. The molecular formula is C10H8F4O3. The lowest BCUT2D eigenvalue weighted by Crippen LogP contribution is -2.49. The Bertz CT molecular complexity index is 457. The highest BCUT2D eigenvalue weighted by Crippen LogP contribution is 2.39. The first-order valence-electron chi connectivity index (χ1n) is 4.40. The second-order valence-corrected chi connectivity index (χ2v) is 3.55. The molecule has 0 heterocycles. The molecule has 0 saturated heterocycles. The van der Waals surface area contributed by atoms with Gasteiger partial charge < -0.3 is 10.2 Å². The van der Waals surface area contributed by atoms with Crippen molar-refractivity contribution in [2.45, 2.75) is 18.4 Å². The molecule has 1 aromatic carbocycles. The lowest BCUT2D eigenvalue weighted by Gasteiger charge is -2.29. The van der Waals surface area contributed by atoms with Gasteiger partial charge in [-0.1, -0.05) is 12.1 Å². The van der Waals surface area contributed by atoms with Crippen molar-refractivity contribution in [3.05, 3.63) is 35.4 Å². The summed E-state index contributed by atoms with van der Waals surface area (Å²) in [5.41, 5.74) is -4.48. The Hall–Kier alpha value is -1.63. The zero-order chi connectivity index (χ0) is 13.4. The van der Waals surface area contributed by atoms with E-state index in [1.807, 2.05) is 0 Å². The average molecular weight is 252 g/mol. The van der Waals surface area contributed by atoms with Gasteiger partial charge in [-0.3, -0.25) is 0 Å². The minimum Gasteiger partial charge on any atom is -0.477 e. The second-order valence-electron chi connectivity index (χ2n) is 3.55. The summed E-state index contributed by atoms with van der Waals surface area (Å²) < 4.78 is 52.4. The van der Waals surface area contributed by atoms with Gasteiger partial charge >= 0.3 is 11.9 Å². The molecule has 0 saturated carbocycles. The highest BCUT2D eigenvalue weighted by atomic mass is 19.3. The van der Waals surface area contributed by atoms with Crippen LogP contribution in [0.15, 0.2) is 18.2 Å². The number of aliphatic carboxylic acids is 1. The van der Waals surface area contributed by atoms with Crippen LogP contribution in [0.3, 0.4) is 0 Å². The summed E-state index contributed by atoms with van der Waals surface area (Å²) in [6, 6.07) is 2.24. The van der Waals surface area contributed by atoms with Gasteiger partial charge in [-0.15, -0.1) is 0 Å². The van der Waals surface area contributed by atoms with E-state index in [9.17, 15) is 27.5 Å². The molecule has 0 aliphatic carbocycles. The normalized spacial score (nSPS) is 15.4. The molecule has 0 amide bonds. The largest absolute Gasteiger partial charge is 0.477 e. The molecule has 3 nitrogen and oxygen atoms in total. The third kappa shape index (κ3) is 1.97. The minimum absolute atomic E-state index is 0.402. The van der Waals surface area contributed by atoms with Crippen LogP contribution in [0.1, 0.15) is 12.5 Å². The van der Waals surface area contributed by atoms with E-state index < -0.39 is 34.7 Å². The van der Waals surface area contributed by atoms with E-state index in [1.54, 1.807) is 0 Å². The summed E-state index contributed by atoms with van der Waals surface area (Å²) in [6.45, 7) is 0.402. The van der Waals surface area contributed by atoms with Crippen LogP contribution in [0.5, 0.6) is 0 Å². The van der Waals surface area contributed by atoms with Crippen molar-refractivity contribution < 1.29 is 32.6 Å². The van der Waals surface area contributed by atoms with Gasteiger partial charge in [0.1, 0.15) is 0 Å². The van der Waals surface area contributed by atoms with Gasteiger partial charge in [-0.05, 0) is 13.0 Å². The summed E-state index contributed by atoms with van der Waals surface area (Å²) >= 11 is 0. The molecule has 0 radical (unpaired) electrons. The zero-order valence-electron chi connectivity index (χ0n) is 8.55. The van der Waals surface area contributed by atoms with E-state index in [1.165, 1.54) is 0 Å². The minimum atomic E-state index is -4.65. The van der Waals surface area contributed by atoms with Crippen molar-refractivity contribution in [1.29, 1.82) is 0 Å². The SMILES string of the molecule is CC(O)(c1cccc(F)c1F)C(F)(F)C(=O)O. The van der Waals surface area contributed by atoms with E-state index >= 15 is 0 Å². The summed E-state index contributed by atoms with van der Waals surface area (Å²) in [4.78, 5) is 10.3. The van der Waals surface area contributed by atoms with Crippen LogP contribution in [0.2, 0.25) is 0 Å². The number of hydrogen-bond acceptors (Lipinski definition) is 2. The third-order valence-corrected chi connectivity index (χ3v) is 2.36. The standard InChI is InChI=1S/C10H8F4O3/c1-9(17,10(13,14)8(15)16)5-3-2-4-6(11)7(5)12/h2-4,17H,1H3,(H,15,16). The summed E-state index contributed by atoms with van der Waals surface area (Å²) in [6.07, 6.45) is 0. The number of hydrogen-bond donors (Lipinski definition) is 2. The fraction of sp³-hybridized carbons (Fsp3) is 0.300. The fourth-order valence-electron chi connectivity index (χ4n) is 1.26. The quantitative estimate of drug-likeness (QED) is 0.808. The summed E-state index contributed by atoms with van der Waals surface area (Å²) in [5, 5.41) is 17.7. The second kappa shape index (κ2) is 3.99. The van der Waals surface area contributed by atoms with Crippen molar-refractivity contribution in [2.24, 2.45) is 0 Å². The Morgan fingerprint density at radius 3 is 2.29 bits per heavy atom. The molecule has 0 aliphatic rings. The topological polar surface area (TPSA) is 57.5 Å². The molecule has 0 aromatic heterocycles. The number of aliphatic hydroxyl groups is 1. The molecular weight excluding hydrogens is 244 g/mol. The molecule has 1 atom stereocenters. The maximum absolute atomic E-state index is 13.2. The number of carboxylic acids is 1. The van der Waals surface area contributed by atoms with Gasteiger partial charge in [-0.2, -0.15) is 8.78 Å². The molecule has 0 fully saturated rings. The monoisotopic (exact) mass is 252 g/mol. The Labute approximate surface area is 93.3 Å². The Kier molecular flexibility index (Phi) is 3.15. The molecule has 0 bridgehead atoms. The molecule has 0 spiro atoms. The Balaban J connectivity index is 3.41. The van der Waals surface area contributed by atoms with Crippen LogP contribution >= 0.6 is 0 Å². The maximum atomic E-state index is 13.2. The van der Waals surface area contributed by atoms with Gasteiger partial charge in [-0.25, -0.2) is 13.6 Å². The molecule has 17 heavy (non-hydrogen) atoms. The third-order valence-electron chi connectivity index (χ3n) is 2.36. The smallest absolute Gasteiger partial charge is 0.378 e. The first kappa shape index (κ1) is 13.4. The predicted octanol–water partition coefficient (Wildman–Crippen LogP) is 1.89. The van der Waals surface area contributed by atoms with Crippen molar-refractivity contribution in [3.63, 3.8) is 0 Å². The lowest BCUT2D eigenvalue weighted by atomic mass is 9.88. The first-order valence-corrected chi connectivity index (χ1v) is 4.40. The fourth-order valence-corrected chi connectivity index (χ4v) is 1.26. The van der Waals surface area contributed by atoms with Crippen molar-refractivity contribution in [1.82, 2.24) is 0 Å². The van der Waals surface area contributed by atoms with E-state index in [0.717, 1.165) is 6.07 Å². The van der Waals surface area contributed by atoms with Crippen LogP contribution in [-0.2, 0) is 10.4 Å². The Morgan fingerprint density at radius 2 is 1.82 bits per heavy atom. The van der Waals surface area contributed by atoms with Crippen LogP contribution in [-0.4, -0.2) is 22.1 Å². The van der Waals surface area contributed by atoms with Crippen LogP contribution < -0.4 is 0 Å². The summed E-state index contributed by atoms with van der Waals surface area (Å²) in [7, 11) is 0. The highest BCUT2D eigenvalue weighted by molar-refractivity contribution is 5.77. The number of benzene rings is 1. The molecule has 0 aliphatic heterocycles.